The lowest BCUT2D eigenvalue weighted by molar-refractivity contribution is 0.102. The van der Waals surface area contributed by atoms with Gasteiger partial charge in [0.15, 0.2) is 16.6 Å². The predicted octanol–water partition coefficient (Wildman–Crippen LogP) is 3.29. The Morgan fingerprint density at radius 1 is 1.29 bits per heavy atom. The van der Waals surface area contributed by atoms with Crippen molar-refractivity contribution in [2.24, 2.45) is 0 Å². The van der Waals surface area contributed by atoms with Crippen molar-refractivity contribution in [3.8, 4) is 11.5 Å². The molecule has 2 aromatic rings. The van der Waals surface area contributed by atoms with Crippen molar-refractivity contribution in [3.63, 3.8) is 0 Å². The number of thiazole rings is 1. The summed E-state index contributed by atoms with van der Waals surface area (Å²) in [5.41, 5.74) is 1.60. The SMILES string of the molecule is COc1ccc(C(=O)Nc2nc(C3CC3)cs2)cc1OC. The maximum absolute atomic E-state index is 12.2. The highest BCUT2D eigenvalue weighted by molar-refractivity contribution is 7.14. The summed E-state index contributed by atoms with van der Waals surface area (Å²) in [4.78, 5) is 16.7. The van der Waals surface area contributed by atoms with Gasteiger partial charge < -0.3 is 9.47 Å². The minimum absolute atomic E-state index is 0.201. The van der Waals surface area contributed by atoms with E-state index in [1.807, 2.05) is 5.38 Å². The topological polar surface area (TPSA) is 60.5 Å². The third kappa shape index (κ3) is 3.00. The van der Waals surface area contributed by atoms with E-state index in [1.165, 1.54) is 24.2 Å². The Bertz CT molecular complexity index is 665. The van der Waals surface area contributed by atoms with Gasteiger partial charge in [-0.3, -0.25) is 10.1 Å². The number of nitrogens with zero attached hydrogens (tertiary/aromatic N) is 1. The fourth-order valence-corrected chi connectivity index (χ4v) is 2.84. The van der Waals surface area contributed by atoms with Crippen molar-refractivity contribution in [1.29, 1.82) is 0 Å². The van der Waals surface area contributed by atoms with E-state index >= 15 is 0 Å². The van der Waals surface area contributed by atoms with Crippen LogP contribution in [0.4, 0.5) is 5.13 Å². The molecule has 1 amide bonds. The number of anilines is 1. The number of benzene rings is 1. The number of amides is 1. The molecule has 0 radical (unpaired) electrons. The average Bonchev–Trinajstić information content (AvgIpc) is 3.26. The van der Waals surface area contributed by atoms with Crippen LogP contribution in [-0.2, 0) is 0 Å². The summed E-state index contributed by atoms with van der Waals surface area (Å²) < 4.78 is 10.4. The highest BCUT2D eigenvalue weighted by Crippen LogP contribution is 2.41. The molecule has 3 rings (SSSR count). The minimum atomic E-state index is -0.201. The van der Waals surface area contributed by atoms with Crippen LogP contribution in [0.1, 0.15) is 34.8 Å². The molecule has 110 valence electrons. The maximum atomic E-state index is 12.2. The van der Waals surface area contributed by atoms with Crippen LogP contribution in [0.15, 0.2) is 23.6 Å². The van der Waals surface area contributed by atoms with E-state index in [0.717, 1.165) is 5.69 Å². The molecule has 1 aliphatic rings. The molecule has 1 aromatic heterocycles. The van der Waals surface area contributed by atoms with Crippen molar-refractivity contribution in [2.75, 3.05) is 19.5 Å². The molecule has 1 aliphatic carbocycles. The lowest BCUT2D eigenvalue weighted by atomic mass is 10.2. The summed E-state index contributed by atoms with van der Waals surface area (Å²) in [6.45, 7) is 0. The Morgan fingerprint density at radius 3 is 2.71 bits per heavy atom. The number of carbonyl (C=O) groups is 1. The van der Waals surface area contributed by atoms with Crippen molar-refractivity contribution in [2.45, 2.75) is 18.8 Å². The molecule has 6 heteroatoms. The molecule has 0 atom stereocenters. The Hall–Kier alpha value is -2.08. The van der Waals surface area contributed by atoms with Crippen molar-refractivity contribution < 1.29 is 14.3 Å². The fourth-order valence-electron chi connectivity index (χ4n) is 2.06. The average molecular weight is 304 g/mol. The van der Waals surface area contributed by atoms with Crippen LogP contribution < -0.4 is 14.8 Å². The molecule has 0 aliphatic heterocycles. The van der Waals surface area contributed by atoms with Gasteiger partial charge >= 0.3 is 0 Å². The van der Waals surface area contributed by atoms with Gasteiger partial charge in [-0.25, -0.2) is 4.98 Å². The number of aromatic nitrogens is 1. The molecule has 1 saturated carbocycles. The number of carbonyl (C=O) groups excluding carboxylic acids is 1. The molecule has 1 fully saturated rings. The molecule has 0 bridgehead atoms. The van der Waals surface area contributed by atoms with E-state index in [0.29, 0.717) is 28.1 Å². The second kappa shape index (κ2) is 5.73. The monoisotopic (exact) mass is 304 g/mol. The van der Waals surface area contributed by atoms with Gasteiger partial charge in [-0.2, -0.15) is 0 Å². The van der Waals surface area contributed by atoms with Gasteiger partial charge in [-0.1, -0.05) is 0 Å². The zero-order chi connectivity index (χ0) is 14.8. The van der Waals surface area contributed by atoms with Crippen LogP contribution in [0.3, 0.4) is 0 Å². The van der Waals surface area contributed by atoms with Gasteiger partial charge in [0.25, 0.3) is 5.91 Å². The number of nitrogens with one attached hydrogen (secondary N) is 1. The summed E-state index contributed by atoms with van der Waals surface area (Å²) in [7, 11) is 3.11. The minimum Gasteiger partial charge on any atom is -0.493 e. The highest BCUT2D eigenvalue weighted by Gasteiger charge is 2.26. The van der Waals surface area contributed by atoms with Gasteiger partial charge in [0.2, 0.25) is 0 Å². The van der Waals surface area contributed by atoms with Gasteiger partial charge in [0.05, 0.1) is 19.9 Å². The van der Waals surface area contributed by atoms with Crippen LogP contribution in [0.25, 0.3) is 0 Å². The second-order valence-electron chi connectivity index (χ2n) is 4.88. The third-order valence-electron chi connectivity index (χ3n) is 3.38. The van der Waals surface area contributed by atoms with Crippen LogP contribution >= 0.6 is 11.3 Å². The number of ether oxygens (including phenoxy) is 2. The summed E-state index contributed by atoms with van der Waals surface area (Å²) in [6.07, 6.45) is 2.40. The molecular formula is C15H16N2O3S. The first-order valence-electron chi connectivity index (χ1n) is 6.70. The lowest BCUT2D eigenvalue weighted by Gasteiger charge is -2.09. The van der Waals surface area contributed by atoms with E-state index < -0.39 is 0 Å². The Kier molecular flexibility index (Phi) is 3.79. The molecule has 0 unspecified atom stereocenters. The van der Waals surface area contributed by atoms with E-state index in [1.54, 1.807) is 32.4 Å². The molecule has 1 heterocycles. The molecule has 1 aromatic carbocycles. The van der Waals surface area contributed by atoms with Gasteiger partial charge in [0, 0.05) is 16.9 Å². The Labute approximate surface area is 126 Å². The van der Waals surface area contributed by atoms with E-state index in [9.17, 15) is 4.79 Å². The van der Waals surface area contributed by atoms with E-state index in [2.05, 4.69) is 10.3 Å². The summed E-state index contributed by atoms with van der Waals surface area (Å²) in [6, 6.07) is 5.07. The van der Waals surface area contributed by atoms with Crippen LogP contribution in [-0.4, -0.2) is 25.1 Å². The first-order chi connectivity index (χ1) is 10.2. The predicted molar refractivity (Wildman–Crippen MR) is 81.6 cm³/mol. The Balaban J connectivity index is 1.74. The summed E-state index contributed by atoms with van der Waals surface area (Å²) in [5, 5.41) is 5.47. The summed E-state index contributed by atoms with van der Waals surface area (Å²) in [5.74, 6) is 1.52. The molecular weight excluding hydrogens is 288 g/mol. The van der Waals surface area contributed by atoms with Gasteiger partial charge in [0.1, 0.15) is 0 Å². The normalized spacial score (nSPS) is 13.8. The first-order valence-corrected chi connectivity index (χ1v) is 7.58. The smallest absolute Gasteiger partial charge is 0.257 e. The largest absolute Gasteiger partial charge is 0.493 e. The molecule has 5 nitrogen and oxygen atoms in total. The third-order valence-corrected chi connectivity index (χ3v) is 4.16. The Morgan fingerprint density at radius 2 is 2.05 bits per heavy atom. The van der Waals surface area contributed by atoms with Crippen molar-refractivity contribution >= 4 is 22.4 Å². The molecule has 1 N–H and O–H groups in total. The van der Waals surface area contributed by atoms with E-state index in [-0.39, 0.29) is 5.91 Å². The van der Waals surface area contributed by atoms with Gasteiger partial charge in [-0.15, -0.1) is 11.3 Å². The second-order valence-corrected chi connectivity index (χ2v) is 5.73. The summed E-state index contributed by atoms with van der Waals surface area (Å²) >= 11 is 1.46. The van der Waals surface area contributed by atoms with Crippen LogP contribution in [0.5, 0.6) is 11.5 Å². The number of methoxy groups -OCH3 is 2. The lowest BCUT2D eigenvalue weighted by Crippen LogP contribution is -2.12. The van der Waals surface area contributed by atoms with Crippen molar-refractivity contribution in [3.05, 3.63) is 34.8 Å². The van der Waals surface area contributed by atoms with E-state index in [4.69, 9.17) is 9.47 Å². The van der Waals surface area contributed by atoms with Gasteiger partial charge in [-0.05, 0) is 31.0 Å². The van der Waals surface area contributed by atoms with Crippen LogP contribution in [0, 0.1) is 0 Å². The quantitative estimate of drug-likeness (QED) is 0.921. The number of hydrogen-bond acceptors (Lipinski definition) is 5. The standard InChI is InChI=1S/C15H16N2O3S/c1-19-12-6-5-10(7-13(12)20-2)14(18)17-15-16-11(8-21-15)9-3-4-9/h5-9H,3-4H2,1-2H3,(H,16,17,18). The maximum Gasteiger partial charge on any atom is 0.257 e. The van der Waals surface area contributed by atoms with Crippen molar-refractivity contribution in [1.82, 2.24) is 4.98 Å². The zero-order valence-corrected chi connectivity index (χ0v) is 12.7. The number of hydrogen-bond donors (Lipinski definition) is 1. The zero-order valence-electron chi connectivity index (χ0n) is 11.9. The highest BCUT2D eigenvalue weighted by atomic mass is 32.1. The van der Waals surface area contributed by atoms with Crippen LogP contribution in [0.2, 0.25) is 0 Å². The molecule has 0 spiro atoms. The molecule has 0 saturated heterocycles. The fraction of sp³-hybridized carbons (Fsp3) is 0.333. The number of rotatable bonds is 5. The first kappa shape index (κ1) is 13.9. The molecule has 21 heavy (non-hydrogen) atoms.